The van der Waals surface area contributed by atoms with E-state index in [1.165, 1.54) is 11.8 Å². The fraction of sp³-hybridized carbons (Fsp3) is 0.105. The lowest BCUT2D eigenvalue weighted by atomic mass is 10.1. The Hall–Kier alpha value is -2.28. The summed E-state index contributed by atoms with van der Waals surface area (Å²) in [5.41, 5.74) is 2.17. The summed E-state index contributed by atoms with van der Waals surface area (Å²) in [7, 11) is 1.62. The molecule has 8 heteroatoms. The summed E-state index contributed by atoms with van der Waals surface area (Å²) in [5.74, 6) is 0.759. The van der Waals surface area contributed by atoms with E-state index in [2.05, 4.69) is 15.5 Å². The molecule has 0 unspecified atom stereocenters. The molecule has 27 heavy (non-hydrogen) atoms. The standard InChI is InChI=1S/C19H15Cl2N3O2S/c1-26-14-5-2-12(3-6-14)16-8-9-19(24-23-16)27-11-18(25)22-17-10-13(20)4-7-15(17)21/h2-10H,11H2,1H3,(H,22,25). The van der Waals surface area contributed by atoms with Gasteiger partial charge in [0.15, 0.2) is 0 Å². The highest BCUT2D eigenvalue weighted by Crippen LogP contribution is 2.26. The fourth-order valence-corrected chi connectivity index (χ4v) is 3.18. The number of methoxy groups -OCH3 is 1. The predicted molar refractivity (Wildman–Crippen MR) is 110 cm³/mol. The van der Waals surface area contributed by atoms with E-state index in [1.54, 1.807) is 25.3 Å². The maximum absolute atomic E-state index is 12.1. The molecule has 0 atom stereocenters. The van der Waals surface area contributed by atoms with Crippen LogP contribution in [0.25, 0.3) is 11.3 Å². The maximum atomic E-state index is 12.1. The molecule has 0 spiro atoms. The SMILES string of the molecule is COc1ccc(-c2ccc(SCC(=O)Nc3cc(Cl)ccc3Cl)nn2)cc1. The maximum Gasteiger partial charge on any atom is 0.234 e. The second kappa shape index (κ2) is 9.08. The smallest absolute Gasteiger partial charge is 0.234 e. The van der Waals surface area contributed by atoms with Gasteiger partial charge in [0, 0.05) is 10.6 Å². The molecule has 0 bridgehead atoms. The molecule has 2 aromatic carbocycles. The van der Waals surface area contributed by atoms with Gasteiger partial charge in [-0.2, -0.15) is 0 Å². The number of amides is 1. The molecule has 1 heterocycles. The normalized spacial score (nSPS) is 10.5. The first-order valence-corrected chi connectivity index (χ1v) is 9.65. The second-order valence-corrected chi connectivity index (χ2v) is 7.29. The van der Waals surface area contributed by atoms with Crippen LogP contribution < -0.4 is 10.1 Å². The zero-order valence-electron chi connectivity index (χ0n) is 14.3. The van der Waals surface area contributed by atoms with Gasteiger partial charge in [-0.25, -0.2) is 0 Å². The Morgan fingerprint density at radius 1 is 1.07 bits per heavy atom. The average molecular weight is 420 g/mol. The quantitative estimate of drug-likeness (QED) is 0.556. The third-order valence-electron chi connectivity index (χ3n) is 3.58. The Kier molecular flexibility index (Phi) is 6.55. The number of nitrogens with zero attached hydrogens (tertiary/aromatic N) is 2. The zero-order valence-corrected chi connectivity index (χ0v) is 16.6. The number of aromatic nitrogens is 2. The third-order valence-corrected chi connectivity index (χ3v) is 5.06. The number of benzene rings is 2. The molecule has 1 N–H and O–H groups in total. The minimum Gasteiger partial charge on any atom is -0.497 e. The molecule has 0 radical (unpaired) electrons. The van der Waals surface area contributed by atoms with Gasteiger partial charge in [0.1, 0.15) is 10.8 Å². The first-order chi connectivity index (χ1) is 13.0. The van der Waals surface area contributed by atoms with Crippen molar-refractivity contribution >= 4 is 46.6 Å². The number of nitrogens with one attached hydrogen (secondary N) is 1. The van der Waals surface area contributed by atoms with Crippen molar-refractivity contribution in [3.8, 4) is 17.0 Å². The third kappa shape index (κ3) is 5.35. The Morgan fingerprint density at radius 2 is 1.85 bits per heavy atom. The first-order valence-electron chi connectivity index (χ1n) is 7.91. The molecule has 0 saturated carbocycles. The Bertz CT molecular complexity index is 935. The molecular weight excluding hydrogens is 405 g/mol. The molecule has 0 aliphatic rings. The van der Waals surface area contributed by atoms with Crippen molar-refractivity contribution in [1.82, 2.24) is 10.2 Å². The summed E-state index contributed by atoms with van der Waals surface area (Å²) in [4.78, 5) is 12.1. The van der Waals surface area contributed by atoms with E-state index in [-0.39, 0.29) is 11.7 Å². The Balaban J connectivity index is 1.58. The van der Waals surface area contributed by atoms with E-state index < -0.39 is 0 Å². The van der Waals surface area contributed by atoms with Gasteiger partial charge in [-0.3, -0.25) is 4.79 Å². The van der Waals surface area contributed by atoms with Crippen molar-refractivity contribution in [1.29, 1.82) is 0 Å². The van der Waals surface area contributed by atoms with Crippen molar-refractivity contribution < 1.29 is 9.53 Å². The molecule has 1 aromatic heterocycles. The summed E-state index contributed by atoms with van der Waals surface area (Å²) in [6, 6.07) is 16.2. The number of halogens is 2. The number of ether oxygens (including phenoxy) is 1. The van der Waals surface area contributed by atoms with Gasteiger partial charge in [0.05, 0.1) is 29.3 Å². The lowest BCUT2D eigenvalue weighted by Gasteiger charge is -2.07. The molecular formula is C19H15Cl2N3O2S. The van der Waals surface area contributed by atoms with Crippen molar-refractivity contribution in [2.75, 3.05) is 18.2 Å². The number of hydrogen-bond donors (Lipinski definition) is 1. The van der Waals surface area contributed by atoms with E-state index in [0.29, 0.717) is 20.8 Å². The van der Waals surface area contributed by atoms with Crippen LogP contribution in [0.5, 0.6) is 5.75 Å². The van der Waals surface area contributed by atoms with Crippen molar-refractivity contribution in [3.63, 3.8) is 0 Å². The van der Waals surface area contributed by atoms with Crippen LogP contribution in [0.15, 0.2) is 59.6 Å². The van der Waals surface area contributed by atoms with Crippen LogP contribution in [0.2, 0.25) is 10.0 Å². The fourth-order valence-electron chi connectivity index (χ4n) is 2.23. The van der Waals surface area contributed by atoms with Gasteiger partial charge in [0.25, 0.3) is 0 Å². The number of rotatable bonds is 6. The van der Waals surface area contributed by atoms with E-state index in [1.807, 2.05) is 36.4 Å². The molecule has 138 valence electrons. The van der Waals surface area contributed by atoms with Gasteiger partial charge in [0.2, 0.25) is 5.91 Å². The van der Waals surface area contributed by atoms with E-state index >= 15 is 0 Å². The number of carbonyl (C=O) groups excluding carboxylic acids is 1. The summed E-state index contributed by atoms with van der Waals surface area (Å²) < 4.78 is 5.14. The van der Waals surface area contributed by atoms with Crippen LogP contribution in [-0.4, -0.2) is 29.0 Å². The predicted octanol–water partition coefficient (Wildman–Crippen LogP) is 5.19. The minimum absolute atomic E-state index is 0.180. The number of carbonyl (C=O) groups is 1. The highest BCUT2D eigenvalue weighted by molar-refractivity contribution is 7.99. The molecule has 0 saturated heterocycles. The molecule has 5 nitrogen and oxygen atoms in total. The Morgan fingerprint density at radius 3 is 2.52 bits per heavy atom. The summed E-state index contributed by atoms with van der Waals surface area (Å²) in [6.45, 7) is 0. The van der Waals surface area contributed by atoms with Gasteiger partial charge >= 0.3 is 0 Å². The van der Waals surface area contributed by atoms with Gasteiger partial charge in [-0.1, -0.05) is 35.0 Å². The molecule has 0 fully saturated rings. The van der Waals surface area contributed by atoms with Crippen LogP contribution >= 0.6 is 35.0 Å². The van der Waals surface area contributed by atoms with Crippen molar-refractivity contribution in [2.45, 2.75) is 5.03 Å². The average Bonchev–Trinajstić information content (AvgIpc) is 2.70. The summed E-state index contributed by atoms with van der Waals surface area (Å²) >= 11 is 13.2. The van der Waals surface area contributed by atoms with Crippen LogP contribution in [0.1, 0.15) is 0 Å². The van der Waals surface area contributed by atoms with Crippen LogP contribution in [0, 0.1) is 0 Å². The zero-order chi connectivity index (χ0) is 19.2. The topological polar surface area (TPSA) is 64.1 Å². The van der Waals surface area contributed by atoms with Gasteiger partial charge < -0.3 is 10.1 Å². The van der Waals surface area contributed by atoms with Gasteiger partial charge in [-0.15, -0.1) is 10.2 Å². The highest BCUT2D eigenvalue weighted by Gasteiger charge is 2.09. The lowest BCUT2D eigenvalue weighted by Crippen LogP contribution is -2.14. The van der Waals surface area contributed by atoms with Crippen molar-refractivity contribution in [3.05, 3.63) is 64.6 Å². The van der Waals surface area contributed by atoms with E-state index in [4.69, 9.17) is 27.9 Å². The van der Waals surface area contributed by atoms with Crippen LogP contribution in [0.4, 0.5) is 5.69 Å². The number of hydrogen-bond acceptors (Lipinski definition) is 5. The number of thioether (sulfide) groups is 1. The minimum atomic E-state index is -0.204. The summed E-state index contributed by atoms with van der Waals surface area (Å²) in [5, 5.41) is 12.7. The van der Waals surface area contributed by atoms with Crippen molar-refractivity contribution in [2.24, 2.45) is 0 Å². The summed E-state index contributed by atoms with van der Waals surface area (Å²) in [6.07, 6.45) is 0. The molecule has 0 aliphatic heterocycles. The molecule has 3 aromatic rings. The van der Waals surface area contributed by atoms with E-state index in [0.717, 1.165) is 17.0 Å². The molecule has 3 rings (SSSR count). The highest BCUT2D eigenvalue weighted by atomic mass is 35.5. The van der Waals surface area contributed by atoms with Crippen LogP contribution in [0.3, 0.4) is 0 Å². The van der Waals surface area contributed by atoms with E-state index in [9.17, 15) is 4.79 Å². The first kappa shape index (κ1) is 19.5. The monoisotopic (exact) mass is 419 g/mol. The Labute approximate surface area is 171 Å². The number of anilines is 1. The van der Waals surface area contributed by atoms with Crippen LogP contribution in [-0.2, 0) is 4.79 Å². The molecule has 0 aliphatic carbocycles. The van der Waals surface area contributed by atoms with Gasteiger partial charge in [-0.05, 0) is 54.6 Å². The molecule has 1 amide bonds. The lowest BCUT2D eigenvalue weighted by molar-refractivity contribution is -0.113. The largest absolute Gasteiger partial charge is 0.497 e. The second-order valence-electron chi connectivity index (χ2n) is 5.45.